The number of halogens is 2. The Morgan fingerprint density at radius 2 is 1.80 bits per heavy atom. The summed E-state index contributed by atoms with van der Waals surface area (Å²) in [6.07, 6.45) is 0.721. The first kappa shape index (κ1) is 14.9. The number of carbonyl (C=O) groups excluding carboxylic acids is 1. The first-order valence-corrected chi connectivity index (χ1v) is 7.27. The lowest BCUT2D eigenvalue weighted by Crippen LogP contribution is -2.07. The molecule has 104 valence electrons. The third kappa shape index (κ3) is 3.76. The molecule has 0 fully saturated rings. The van der Waals surface area contributed by atoms with Crippen LogP contribution in [0.15, 0.2) is 40.9 Å². The van der Waals surface area contributed by atoms with Gasteiger partial charge in [0.05, 0.1) is 0 Å². The van der Waals surface area contributed by atoms with Crippen LogP contribution in [0.1, 0.15) is 22.3 Å². The Balaban J connectivity index is 2.07. The molecular formula is C17H16BrFO. The zero-order chi connectivity index (χ0) is 14.7. The van der Waals surface area contributed by atoms with E-state index in [1.54, 1.807) is 6.07 Å². The third-order valence-electron chi connectivity index (χ3n) is 3.38. The molecule has 20 heavy (non-hydrogen) atoms. The van der Waals surface area contributed by atoms with Crippen LogP contribution in [0, 0.1) is 19.7 Å². The van der Waals surface area contributed by atoms with Crippen LogP contribution in [0.5, 0.6) is 0 Å². The number of benzene rings is 2. The highest BCUT2D eigenvalue weighted by molar-refractivity contribution is 9.10. The molecule has 0 spiro atoms. The fourth-order valence-corrected chi connectivity index (χ4v) is 2.57. The summed E-state index contributed by atoms with van der Waals surface area (Å²) in [7, 11) is 0. The molecule has 0 bridgehead atoms. The molecule has 2 aromatic carbocycles. The van der Waals surface area contributed by atoms with E-state index in [2.05, 4.69) is 22.9 Å². The Morgan fingerprint density at radius 3 is 2.45 bits per heavy atom. The Hall–Kier alpha value is -1.48. The van der Waals surface area contributed by atoms with Crippen LogP contribution < -0.4 is 0 Å². The maximum Gasteiger partial charge on any atom is 0.141 e. The minimum atomic E-state index is -0.303. The highest BCUT2D eigenvalue weighted by atomic mass is 79.9. The minimum Gasteiger partial charge on any atom is -0.299 e. The van der Waals surface area contributed by atoms with Gasteiger partial charge in [-0.25, -0.2) is 4.39 Å². The number of ketones is 1. The standard InChI is InChI=1S/C17H16BrFO/c1-11-3-4-13(7-12(11)2)8-16(20)9-14-5-6-15(19)10-17(14)18/h3-7,10H,8-9H2,1-2H3. The summed E-state index contributed by atoms with van der Waals surface area (Å²) in [6, 6.07) is 10.5. The molecule has 2 aromatic rings. The number of carbonyl (C=O) groups is 1. The van der Waals surface area contributed by atoms with Crippen LogP contribution in [-0.4, -0.2) is 5.78 Å². The molecule has 1 nitrogen and oxygen atoms in total. The molecule has 3 heteroatoms. The molecular weight excluding hydrogens is 319 g/mol. The molecule has 0 amide bonds. The van der Waals surface area contributed by atoms with E-state index >= 15 is 0 Å². The quantitative estimate of drug-likeness (QED) is 0.801. The van der Waals surface area contributed by atoms with E-state index in [-0.39, 0.29) is 11.6 Å². The summed E-state index contributed by atoms with van der Waals surface area (Å²) < 4.78 is 13.6. The van der Waals surface area contributed by atoms with E-state index in [1.165, 1.54) is 23.3 Å². The number of hydrogen-bond acceptors (Lipinski definition) is 1. The predicted octanol–water partition coefficient (Wildman–Crippen LogP) is 4.56. The van der Waals surface area contributed by atoms with E-state index in [9.17, 15) is 9.18 Å². The summed E-state index contributed by atoms with van der Waals surface area (Å²) in [5, 5.41) is 0. The van der Waals surface area contributed by atoms with Gasteiger partial charge in [0.15, 0.2) is 0 Å². The Kier molecular flexibility index (Phi) is 4.71. The van der Waals surface area contributed by atoms with Crippen molar-refractivity contribution >= 4 is 21.7 Å². The molecule has 0 aliphatic carbocycles. The molecule has 0 saturated heterocycles. The lowest BCUT2D eigenvalue weighted by Gasteiger charge is -2.06. The van der Waals surface area contributed by atoms with Crippen LogP contribution in [0.25, 0.3) is 0 Å². The van der Waals surface area contributed by atoms with Gasteiger partial charge in [-0.3, -0.25) is 4.79 Å². The molecule has 0 unspecified atom stereocenters. The second kappa shape index (κ2) is 6.31. The second-order valence-corrected chi connectivity index (χ2v) is 5.90. The first-order chi connectivity index (χ1) is 9.45. The maximum absolute atomic E-state index is 13.0. The lowest BCUT2D eigenvalue weighted by molar-refractivity contribution is -0.117. The van der Waals surface area contributed by atoms with Crippen LogP contribution in [-0.2, 0) is 17.6 Å². The third-order valence-corrected chi connectivity index (χ3v) is 4.11. The number of rotatable bonds is 4. The average molecular weight is 335 g/mol. The summed E-state index contributed by atoms with van der Waals surface area (Å²) in [4.78, 5) is 12.1. The van der Waals surface area contributed by atoms with Crippen LogP contribution >= 0.6 is 15.9 Å². The largest absolute Gasteiger partial charge is 0.299 e. The van der Waals surface area contributed by atoms with Crippen molar-refractivity contribution in [3.63, 3.8) is 0 Å². The lowest BCUT2D eigenvalue weighted by atomic mass is 9.99. The summed E-state index contributed by atoms with van der Waals surface area (Å²) in [5.41, 5.74) is 4.26. The van der Waals surface area contributed by atoms with Gasteiger partial charge in [-0.05, 0) is 48.2 Å². The Bertz CT molecular complexity index is 649. The minimum absolute atomic E-state index is 0.126. The van der Waals surface area contributed by atoms with Crippen LogP contribution in [0.2, 0.25) is 0 Å². The summed E-state index contributed by atoms with van der Waals surface area (Å²) in [6.45, 7) is 4.09. The van der Waals surface area contributed by atoms with Gasteiger partial charge in [0.25, 0.3) is 0 Å². The molecule has 0 saturated carbocycles. The van der Waals surface area contributed by atoms with E-state index in [1.807, 2.05) is 25.1 Å². The van der Waals surface area contributed by atoms with Gasteiger partial charge in [-0.2, -0.15) is 0 Å². The monoisotopic (exact) mass is 334 g/mol. The smallest absolute Gasteiger partial charge is 0.141 e. The second-order valence-electron chi connectivity index (χ2n) is 5.05. The van der Waals surface area contributed by atoms with Crippen molar-refractivity contribution in [3.8, 4) is 0 Å². The number of hydrogen-bond donors (Lipinski definition) is 0. The van der Waals surface area contributed by atoms with Crippen molar-refractivity contribution in [1.29, 1.82) is 0 Å². The van der Waals surface area contributed by atoms with Gasteiger partial charge in [-0.15, -0.1) is 0 Å². The van der Waals surface area contributed by atoms with E-state index in [4.69, 9.17) is 0 Å². The fraction of sp³-hybridized carbons (Fsp3) is 0.235. The van der Waals surface area contributed by atoms with E-state index in [0.29, 0.717) is 17.3 Å². The van der Waals surface area contributed by atoms with Crippen LogP contribution in [0.3, 0.4) is 0 Å². The fourth-order valence-electron chi connectivity index (χ4n) is 2.08. The van der Waals surface area contributed by atoms with Crippen molar-refractivity contribution in [2.75, 3.05) is 0 Å². The molecule has 0 atom stereocenters. The van der Waals surface area contributed by atoms with Crippen molar-refractivity contribution in [3.05, 3.63) is 68.9 Å². The molecule has 0 aliphatic rings. The van der Waals surface area contributed by atoms with E-state index < -0.39 is 0 Å². The first-order valence-electron chi connectivity index (χ1n) is 6.47. The Morgan fingerprint density at radius 1 is 1.05 bits per heavy atom. The molecule has 0 aliphatic heterocycles. The topological polar surface area (TPSA) is 17.1 Å². The zero-order valence-electron chi connectivity index (χ0n) is 11.5. The molecule has 0 heterocycles. The summed E-state index contributed by atoms with van der Waals surface area (Å²) in [5.74, 6) is -0.178. The molecule has 0 radical (unpaired) electrons. The number of aryl methyl sites for hydroxylation is 2. The van der Waals surface area contributed by atoms with Gasteiger partial charge in [0, 0.05) is 17.3 Å². The van der Waals surface area contributed by atoms with Gasteiger partial charge in [-0.1, -0.05) is 40.2 Å². The SMILES string of the molecule is Cc1ccc(CC(=O)Cc2ccc(F)cc2Br)cc1C. The van der Waals surface area contributed by atoms with Crippen molar-refractivity contribution in [2.45, 2.75) is 26.7 Å². The maximum atomic E-state index is 13.0. The van der Waals surface area contributed by atoms with Gasteiger partial charge in [0.2, 0.25) is 0 Å². The van der Waals surface area contributed by atoms with E-state index in [0.717, 1.165) is 11.1 Å². The molecule has 0 N–H and O–H groups in total. The highest BCUT2D eigenvalue weighted by Gasteiger charge is 2.09. The van der Waals surface area contributed by atoms with Crippen molar-refractivity contribution < 1.29 is 9.18 Å². The Labute approximate surface area is 127 Å². The molecule has 2 rings (SSSR count). The zero-order valence-corrected chi connectivity index (χ0v) is 13.1. The summed E-state index contributed by atoms with van der Waals surface area (Å²) >= 11 is 3.29. The number of Topliss-reactive ketones (excluding diaryl/α,β-unsaturated/α-hetero) is 1. The predicted molar refractivity (Wildman–Crippen MR) is 82.4 cm³/mol. The van der Waals surface area contributed by atoms with Gasteiger partial charge < -0.3 is 0 Å². The molecule has 0 aromatic heterocycles. The van der Waals surface area contributed by atoms with Crippen molar-refractivity contribution in [1.82, 2.24) is 0 Å². The van der Waals surface area contributed by atoms with Crippen molar-refractivity contribution in [2.24, 2.45) is 0 Å². The van der Waals surface area contributed by atoms with Gasteiger partial charge >= 0.3 is 0 Å². The average Bonchev–Trinajstić information content (AvgIpc) is 2.37. The highest BCUT2D eigenvalue weighted by Crippen LogP contribution is 2.19. The normalized spacial score (nSPS) is 10.6. The van der Waals surface area contributed by atoms with Gasteiger partial charge in [0.1, 0.15) is 11.6 Å². The van der Waals surface area contributed by atoms with Crippen LogP contribution in [0.4, 0.5) is 4.39 Å².